The van der Waals surface area contributed by atoms with Gasteiger partial charge in [0.15, 0.2) is 0 Å². The van der Waals surface area contributed by atoms with E-state index in [2.05, 4.69) is 0 Å². The van der Waals surface area contributed by atoms with Gasteiger partial charge < -0.3 is 10.0 Å². The van der Waals surface area contributed by atoms with Gasteiger partial charge in [-0.3, -0.25) is 14.9 Å². The molecule has 0 aromatic heterocycles. The van der Waals surface area contributed by atoms with Gasteiger partial charge in [-0.05, 0) is 25.8 Å². The first-order valence-electron chi connectivity index (χ1n) is 6.22. The Kier molecular flexibility index (Phi) is 3.80. The van der Waals surface area contributed by atoms with E-state index in [1.165, 1.54) is 12.1 Å². The number of benzene rings is 1. The van der Waals surface area contributed by atoms with E-state index in [4.69, 9.17) is 5.11 Å². The summed E-state index contributed by atoms with van der Waals surface area (Å²) < 4.78 is 0. The highest BCUT2D eigenvalue weighted by Crippen LogP contribution is 2.30. The van der Waals surface area contributed by atoms with E-state index in [1.807, 2.05) is 0 Å². The Bertz CT molecular complexity index is 511. The average Bonchev–Trinajstić information content (AvgIpc) is 3.19. The molecule has 1 N–H and O–H groups in total. The Morgan fingerprint density at radius 1 is 1.53 bits per heavy atom. The minimum atomic E-state index is -0.486. The summed E-state index contributed by atoms with van der Waals surface area (Å²) in [6, 6.07) is 4.66. The summed E-state index contributed by atoms with van der Waals surface area (Å²) in [5.41, 5.74) is 0.668. The third kappa shape index (κ3) is 2.73. The fraction of sp³-hybridized carbons (Fsp3) is 0.462. The van der Waals surface area contributed by atoms with Gasteiger partial charge in [0, 0.05) is 29.8 Å². The van der Waals surface area contributed by atoms with Crippen LogP contribution in [0.1, 0.15) is 28.8 Å². The van der Waals surface area contributed by atoms with Crippen LogP contribution in [-0.4, -0.2) is 40.0 Å². The van der Waals surface area contributed by atoms with Crippen molar-refractivity contribution in [3.63, 3.8) is 0 Å². The lowest BCUT2D eigenvalue weighted by Gasteiger charge is -2.22. The largest absolute Gasteiger partial charge is 0.395 e. The Morgan fingerprint density at radius 2 is 2.21 bits per heavy atom. The second-order valence-corrected chi connectivity index (χ2v) is 4.66. The number of amides is 1. The van der Waals surface area contributed by atoms with Crippen LogP contribution < -0.4 is 0 Å². The normalized spacial score (nSPS) is 14.2. The van der Waals surface area contributed by atoms with Gasteiger partial charge in [0.25, 0.3) is 11.6 Å². The van der Waals surface area contributed by atoms with Crippen molar-refractivity contribution in [3.05, 3.63) is 39.4 Å². The van der Waals surface area contributed by atoms with E-state index in [0.29, 0.717) is 11.1 Å². The first kappa shape index (κ1) is 13.5. The van der Waals surface area contributed by atoms with E-state index in [-0.39, 0.29) is 30.8 Å². The van der Waals surface area contributed by atoms with E-state index < -0.39 is 4.92 Å². The van der Waals surface area contributed by atoms with E-state index >= 15 is 0 Å². The van der Waals surface area contributed by atoms with Gasteiger partial charge in [-0.1, -0.05) is 6.07 Å². The fourth-order valence-electron chi connectivity index (χ4n) is 2.15. The zero-order valence-electron chi connectivity index (χ0n) is 10.7. The molecule has 1 aromatic rings. The quantitative estimate of drug-likeness (QED) is 0.645. The molecule has 1 aliphatic carbocycles. The van der Waals surface area contributed by atoms with Gasteiger partial charge in [0.05, 0.1) is 11.5 Å². The minimum Gasteiger partial charge on any atom is -0.395 e. The molecule has 0 heterocycles. The number of hydrogen-bond acceptors (Lipinski definition) is 4. The summed E-state index contributed by atoms with van der Waals surface area (Å²) in [5, 5.41) is 19.9. The third-order valence-electron chi connectivity index (χ3n) is 3.32. The number of nitro groups is 1. The number of carbonyl (C=O) groups is 1. The van der Waals surface area contributed by atoms with E-state index in [9.17, 15) is 14.9 Å². The monoisotopic (exact) mass is 264 g/mol. The molecule has 102 valence electrons. The van der Waals surface area contributed by atoms with Crippen molar-refractivity contribution in [2.45, 2.75) is 25.8 Å². The van der Waals surface area contributed by atoms with Crippen molar-refractivity contribution in [1.82, 2.24) is 4.90 Å². The van der Waals surface area contributed by atoms with E-state index in [1.54, 1.807) is 17.9 Å². The molecule has 6 nitrogen and oxygen atoms in total. The van der Waals surface area contributed by atoms with Crippen LogP contribution in [0.3, 0.4) is 0 Å². The summed E-state index contributed by atoms with van der Waals surface area (Å²) >= 11 is 0. The lowest BCUT2D eigenvalue weighted by atomic mass is 10.1. The average molecular weight is 264 g/mol. The number of nitro benzene ring substituents is 1. The van der Waals surface area contributed by atoms with Crippen molar-refractivity contribution in [3.8, 4) is 0 Å². The number of carbonyl (C=O) groups excluding carboxylic acids is 1. The van der Waals surface area contributed by atoms with Gasteiger partial charge in [-0.2, -0.15) is 0 Å². The van der Waals surface area contributed by atoms with Crippen molar-refractivity contribution in [1.29, 1.82) is 0 Å². The number of hydrogen-bond donors (Lipinski definition) is 1. The fourth-order valence-corrected chi connectivity index (χ4v) is 2.15. The van der Waals surface area contributed by atoms with Crippen LogP contribution in [0.2, 0.25) is 0 Å². The molecule has 0 bridgehead atoms. The highest BCUT2D eigenvalue weighted by atomic mass is 16.6. The Labute approximate surface area is 110 Å². The van der Waals surface area contributed by atoms with Crippen LogP contribution in [0.5, 0.6) is 0 Å². The molecule has 0 spiro atoms. The van der Waals surface area contributed by atoms with Crippen LogP contribution >= 0.6 is 0 Å². The molecule has 0 radical (unpaired) electrons. The summed E-state index contributed by atoms with van der Waals surface area (Å²) in [6.45, 7) is 1.75. The molecule has 1 aromatic carbocycles. The summed E-state index contributed by atoms with van der Waals surface area (Å²) in [4.78, 5) is 24.4. The highest BCUT2D eigenvalue weighted by Gasteiger charge is 2.33. The first-order chi connectivity index (χ1) is 9.06. The number of nitrogens with zero attached hydrogens (tertiary/aromatic N) is 2. The maximum absolute atomic E-state index is 12.4. The maximum Gasteiger partial charge on any atom is 0.273 e. The van der Waals surface area contributed by atoms with Crippen LogP contribution in [0.25, 0.3) is 0 Å². The SMILES string of the molecule is Cc1c(C(=O)N(CCO)C2CC2)cccc1[N+](=O)[O-]. The van der Waals surface area contributed by atoms with Crippen LogP contribution in [0.4, 0.5) is 5.69 Å². The zero-order chi connectivity index (χ0) is 14.0. The Hall–Kier alpha value is -1.95. The standard InChI is InChI=1S/C13H16N2O4/c1-9-11(3-2-4-12(9)15(18)19)13(17)14(7-8-16)10-5-6-10/h2-4,10,16H,5-8H2,1H3. The molecule has 1 fully saturated rings. The summed E-state index contributed by atoms with van der Waals surface area (Å²) in [7, 11) is 0. The Balaban J connectivity index is 2.32. The molecule has 6 heteroatoms. The molecule has 0 saturated heterocycles. The zero-order valence-corrected chi connectivity index (χ0v) is 10.7. The molecule has 1 amide bonds. The highest BCUT2D eigenvalue weighted by molar-refractivity contribution is 5.97. The van der Waals surface area contributed by atoms with Gasteiger partial charge >= 0.3 is 0 Å². The lowest BCUT2D eigenvalue weighted by Crippen LogP contribution is -2.35. The van der Waals surface area contributed by atoms with Crippen molar-refractivity contribution < 1.29 is 14.8 Å². The molecule has 0 unspecified atom stereocenters. The summed E-state index contributed by atoms with van der Waals surface area (Å²) in [6.07, 6.45) is 1.86. The first-order valence-corrected chi connectivity index (χ1v) is 6.22. The third-order valence-corrected chi connectivity index (χ3v) is 3.32. The van der Waals surface area contributed by atoms with Crippen LogP contribution in [-0.2, 0) is 0 Å². The van der Waals surface area contributed by atoms with E-state index in [0.717, 1.165) is 12.8 Å². The van der Waals surface area contributed by atoms with Crippen LogP contribution in [0.15, 0.2) is 18.2 Å². The van der Waals surface area contributed by atoms with Gasteiger partial charge in [0.2, 0.25) is 0 Å². The molecule has 2 rings (SSSR count). The number of aliphatic hydroxyl groups is 1. The minimum absolute atomic E-state index is 0.0504. The summed E-state index contributed by atoms with van der Waals surface area (Å²) in [5.74, 6) is -0.238. The van der Waals surface area contributed by atoms with Crippen LogP contribution in [0, 0.1) is 17.0 Å². The number of aliphatic hydroxyl groups excluding tert-OH is 1. The van der Waals surface area contributed by atoms with Crippen molar-refractivity contribution in [2.75, 3.05) is 13.2 Å². The topological polar surface area (TPSA) is 83.7 Å². The molecular formula is C13H16N2O4. The second kappa shape index (κ2) is 5.36. The Morgan fingerprint density at radius 3 is 2.74 bits per heavy atom. The van der Waals surface area contributed by atoms with Crippen molar-refractivity contribution >= 4 is 11.6 Å². The maximum atomic E-state index is 12.4. The predicted octanol–water partition coefficient (Wildman–Crippen LogP) is 1.50. The molecule has 1 aliphatic rings. The van der Waals surface area contributed by atoms with Gasteiger partial charge in [-0.15, -0.1) is 0 Å². The molecule has 0 atom stereocenters. The molecule has 1 saturated carbocycles. The molecular weight excluding hydrogens is 248 g/mol. The predicted molar refractivity (Wildman–Crippen MR) is 69.0 cm³/mol. The second-order valence-electron chi connectivity index (χ2n) is 4.66. The van der Waals surface area contributed by atoms with Gasteiger partial charge in [0.1, 0.15) is 0 Å². The smallest absolute Gasteiger partial charge is 0.273 e. The van der Waals surface area contributed by atoms with Gasteiger partial charge in [-0.25, -0.2) is 0 Å². The van der Waals surface area contributed by atoms with Crippen molar-refractivity contribution in [2.24, 2.45) is 0 Å². The lowest BCUT2D eigenvalue weighted by molar-refractivity contribution is -0.385. The molecule has 19 heavy (non-hydrogen) atoms. The molecule has 0 aliphatic heterocycles. The number of rotatable bonds is 5.